The quantitative estimate of drug-likeness (QED) is 0.402. The Morgan fingerprint density at radius 3 is 2.79 bits per heavy atom. The fourth-order valence-corrected chi connectivity index (χ4v) is 2.12. The molecular formula is C10H8O3S. The fraction of sp³-hybridized carbons (Fsp3) is 0.200. The van der Waals surface area contributed by atoms with E-state index < -0.39 is 11.9 Å². The van der Waals surface area contributed by atoms with Gasteiger partial charge in [0.1, 0.15) is 0 Å². The molecule has 4 heteroatoms. The van der Waals surface area contributed by atoms with Crippen molar-refractivity contribution in [2.45, 2.75) is 13.3 Å². The maximum Gasteiger partial charge on any atom is 0.342 e. The second-order valence-corrected chi connectivity index (χ2v) is 4.02. The summed E-state index contributed by atoms with van der Waals surface area (Å²) in [6, 6.07) is 1.97. The molecule has 2 heterocycles. The van der Waals surface area contributed by atoms with Crippen LogP contribution in [0.3, 0.4) is 0 Å². The lowest BCUT2D eigenvalue weighted by molar-refractivity contribution is -0.151. The van der Waals surface area contributed by atoms with E-state index >= 15 is 0 Å². The van der Waals surface area contributed by atoms with E-state index in [0.29, 0.717) is 5.57 Å². The van der Waals surface area contributed by atoms with E-state index in [9.17, 15) is 9.59 Å². The number of carbonyl (C=O) groups excluding carboxylic acids is 2. The van der Waals surface area contributed by atoms with E-state index in [2.05, 4.69) is 4.74 Å². The number of rotatable bonds is 1. The zero-order chi connectivity index (χ0) is 10.1. The molecule has 0 spiro atoms. The summed E-state index contributed by atoms with van der Waals surface area (Å²) in [4.78, 5) is 22.9. The standard InChI is InChI=1S/C10H8O3S/c1-6-2-3-14-8(6)4-7-5-9(11)13-10(7)12/h2-4H,5H2,1H3. The minimum absolute atomic E-state index is 0.0934. The van der Waals surface area contributed by atoms with Crippen LogP contribution in [0.15, 0.2) is 17.0 Å². The van der Waals surface area contributed by atoms with Gasteiger partial charge in [0.15, 0.2) is 0 Å². The van der Waals surface area contributed by atoms with Gasteiger partial charge in [0.25, 0.3) is 0 Å². The first kappa shape index (κ1) is 9.15. The molecular weight excluding hydrogens is 200 g/mol. The van der Waals surface area contributed by atoms with Gasteiger partial charge >= 0.3 is 11.9 Å². The van der Waals surface area contributed by atoms with Crippen LogP contribution in [0.4, 0.5) is 0 Å². The molecule has 0 saturated carbocycles. The van der Waals surface area contributed by atoms with Gasteiger partial charge in [-0.25, -0.2) is 4.79 Å². The summed E-state index contributed by atoms with van der Waals surface area (Å²) in [6.07, 6.45) is 1.82. The monoisotopic (exact) mass is 208 g/mol. The third-order valence-electron chi connectivity index (χ3n) is 2.01. The zero-order valence-electron chi connectivity index (χ0n) is 7.57. The number of thiophene rings is 1. The molecule has 0 atom stereocenters. The molecule has 0 aliphatic carbocycles. The van der Waals surface area contributed by atoms with Gasteiger partial charge in [0.05, 0.1) is 12.0 Å². The average molecular weight is 208 g/mol. The molecule has 1 aromatic heterocycles. The Hall–Kier alpha value is -1.42. The first-order valence-electron chi connectivity index (χ1n) is 4.16. The highest BCUT2D eigenvalue weighted by Gasteiger charge is 2.26. The van der Waals surface area contributed by atoms with Crippen LogP contribution in [-0.2, 0) is 14.3 Å². The van der Waals surface area contributed by atoms with Crippen molar-refractivity contribution in [3.05, 3.63) is 27.5 Å². The van der Waals surface area contributed by atoms with Gasteiger partial charge in [0, 0.05) is 4.88 Å². The normalized spacial score (nSPS) is 19.1. The van der Waals surface area contributed by atoms with Crippen molar-refractivity contribution in [3.63, 3.8) is 0 Å². The smallest absolute Gasteiger partial charge is 0.342 e. The molecule has 0 bridgehead atoms. The molecule has 0 amide bonds. The second kappa shape index (κ2) is 3.38. The van der Waals surface area contributed by atoms with E-state index in [1.165, 1.54) is 0 Å². The lowest BCUT2D eigenvalue weighted by Crippen LogP contribution is -1.96. The van der Waals surface area contributed by atoms with Crippen molar-refractivity contribution in [2.75, 3.05) is 0 Å². The molecule has 1 aromatic rings. The van der Waals surface area contributed by atoms with Crippen molar-refractivity contribution in [2.24, 2.45) is 0 Å². The highest BCUT2D eigenvalue weighted by molar-refractivity contribution is 7.11. The molecule has 1 saturated heterocycles. The van der Waals surface area contributed by atoms with Crippen LogP contribution < -0.4 is 0 Å². The fourth-order valence-electron chi connectivity index (χ4n) is 1.23. The number of ether oxygens (including phenoxy) is 1. The van der Waals surface area contributed by atoms with Gasteiger partial charge in [-0.3, -0.25) is 4.79 Å². The van der Waals surface area contributed by atoms with Crippen molar-refractivity contribution < 1.29 is 14.3 Å². The molecule has 14 heavy (non-hydrogen) atoms. The van der Waals surface area contributed by atoms with Gasteiger partial charge in [-0.05, 0) is 30.0 Å². The predicted octanol–water partition coefficient (Wildman–Crippen LogP) is 1.91. The van der Waals surface area contributed by atoms with Gasteiger partial charge in [-0.15, -0.1) is 11.3 Å². The van der Waals surface area contributed by atoms with Crippen LogP contribution in [-0.4, -0.2) is 11.9 Å². The van der Waals surface area contributed by atoms with E-state index in [4.69, 9.17) is 0 Å². The summed E-state index contributed by atoms with van der Waals surface area (Å²) in [5.41, 5.74) is 1.55. The van der Waals surface area contributed by atoms with Crippen LogP contribution >= 0.6 is 11.3 Å². The van der Waals surface area contributed by atoms with Crippen molar-refractivity contribution in [1.82, 2.24) is 0 Å². The summed E-state index contributed by atoms with van der Waals surface area (Å²) in [5, 5.41) is 1.95. The Morgan fingerprint density at radius 2 is 2.29 bits per heavy atom. The predicted molar refractivity (Wildman–Crippen MR) is 52.7 cm³/mol. The van der Waals surface area contributed by atoms with E-state index in [0.717, 1.165) is 10.4 Å². The van der Waals surface area contributed by atoms with E-state index in [1.807, 2.05) is 18.4 Å². The number of cyclic esters (lactones) is 2. The second-order valence-electron chi connectivity index (χ2n) is 3.08. The average Bonchev–Trinajstić information content (AvgIpc) is 2.62. The number of hydrogen-bond acceptors (Lipinski definition) is 4. The molecule has 1 aliphatic heterocycles. The highest BCUT2D eigenvalue weighted by atomic mass is 32.1. The molecule has 0 radical (unpaired) electrons. The SMILES string of the molecule is Cc1ccsc1C=C1CC(=O)OC1=O. The summed E-state index contributed by atoms with van der Waals surface area (Å²) in [7, 11) is 0. The lowest BCUT2D eigenvalue weighted by Gasteiger charge is -1.91. The molecule has 2 rings (SSSR count). The molecule has 3 nitrogen and oxygen atoms in total. The van der Waals surface area contributed by atoms with Crippen molar-refractivity contribution in [3.8, 4) is 0 Å². The summed E-state index contributed by atoms with van der Waals surface area (Å²) in [5.74, 6) is -0.974. The Kier molecular flexibility index (Phi) is 2.21. The van der Waals surface area contributed by atoms with Crippen molar-refractivity contribution >= 4 is 29.4 Å². The number of aryl methyl sites for hydroxylation is 1. The summed E-state index contributed by atoms with van der Waals surface area (Å²) in [6.45, 7) is 1.96. The summed E-state index contributed by atoms with van der Waals surface area (Å²) >= 11 is 1.54. The van der Waals surface area contributed by atoms with Gasteiger partial charge in [0.2, 0.25) is 0 Å². The minimum Gasteiger partial charge on any atom is -0.389 e. The molecule has 0 N–H and O–H groups in total. The van der Waals surface area contributed by atoms with Gasteiger partial charge in [-0.1, -0.05) is 0 Å². The molecule has 1 fully saturated rings. The number of hydrogen-bond donors (Lipinski definition) is 0. The largest absolute Gasteiger partial charge is 0.389 e. The Morgan fingerprint density at radius 1 is 1.50 bits per heavy atom. The van der Waals surface area contributed by atoms with Crippen LogP contribution in [0.5, 0.6) is 0 Å². The van der Waals surface area contributed by atoms with Crippen LogP contribution in [0, 0.1) is 6.92 Å². The molecule has 0 unspecified atom stereocenters. The van der Waals surface area contributed by atoms with Gasteiger partial charge < -0.3 is 4.74 Å². The topological polar surface area (TPSA) is 43.4 Å². The summed E-state index contributed by atoms with van der Waals surface area (Å²) < 4.78 is 4.42. The third-order valence-corrected chi connectivity index (χ3v) is 2.98. The lowest BCUT2D eigenvalue weighted by atomic mass is 10.1. The Bertz CT molecular complexity index is 428. The van der Waals surface area contributed by atoms with Crippen LogP contribution in [0.2, 0.25) is 0 Å². The minimum atomic E-state index is -0.511. The number of esters is 2. The maximum atomic E-state index is 11.1. The Balaban J connectivity index is 2.32. The number of carbonyl (C=O) groups is 2. The Labute approximate surface area is 85.0 Å². The van der Waals surface area contributed by atoms with Gasteiger partial charge in [-0.2, -0.15) is 0 Å². The highest BCUT2D eigenvalue weighted by Crippen LogP contribution is 2.23. The third kappa shape index (κ3) is 1.61. The van der Waals surface area contributed by atoms with Crippen molar-refractivity contribution in [1.29, 1.82) is 0 Å². The first-order chi connectivity index (χ1) is 6.66. The first-order valence-corrected chi connectivity index (χ1v) is 5.04. The van der Waals surface area contributed by atoms with E-state index in [1.54, 1.807) is 17.4 Å². The molecule has 1 aliphatic rings. The zero-order valence-corrected chi connectivity index (χ0v) is 8.39. The molecule has 72 valence electrons. The maximum absolute atomic E-state index is 11.1. The van der Waals surface area contributed by atoms with Crippen LogP contribution in [0.1, 0.15) is 16.9 Å². The van der Waals surface area contributed by atoms with E-state index in [-0.39, 0.29) is 6.42 Å². The van der Waals surface area contributed by atoms with Crippen LogP contribution in [0.25, 0.3) is 6.08 Å². The molecule has 0 aromatic carbocycles.